The van der Waals surface area contributed by atoms with Gasteiger partial charge in [0.05, 0.1) is 24.0 Å². The Bertz CT molecular complexity index is 659. The smallest absolute Gasteiger partial charge is 0.217 e. The summed E-state index contributed by atoms with van der Waals surface area (Å²) in [5, 5.41) is 2.81. The SMILES string of the molecule is CC(=O)NCc1cccc(C2CCCN2Cc2cccnc2)n1. The van der Waals surface area contributed by atoms with Gasteiger partial charge < -0.3 is 5.32 Å². The van der Waals surface area contributed by atoms with E-state index in [1.54, 1.807) is 6.20 Å². The Balaban J connectivity index is 1.72. The van der Waals surface area contributed by atoms with E-state index in [-0.39, 0.29) is 5.91 Å². The number of nitrogens with zero attached hydrogens (tertiary/aromatic N) is 3. The van der Waals surface area contributed by atoms with Crippen LogP contribution >= 0.6 is 0 Å². The number of amides is 1. The Labute approximate surface area is 136 Å². The average molecular weight is 310 g/mol. The number of aromatic nitrogens is 2. The Morgan fingerprint density at radius 1 is 1.35 bits per heavy atom. The molecule has 1 saturated heterocycles. The number of hydrogen-bond acceptors (Lipinski definition) is 4. The first-order valence-corrected chi connectivity index (χ1v) is 8.05. The van der Waals surface area contributed by atoms with Crippen molar-refractivity contribution in [3.63, 3.8) is 0 Å². The maximum atomic E-state index is 11.1. The highest BCUT2D eigenvalue weighted by atomic mass is 16.1. The van der Waals surface area contributed by atoms with Crippen LogP contribution in [0.5, 0.6) is 0 Å². The number of rotatable bonds is 5. The third-order valence-corrected chi connectivity index (χ3v) is 4.16. The van der Waals surface area contributed by atoms with Gasteiger partial charge in [0.25, 0.3) is 0 Å². The molecule has 1 unspecified atom stereocenters. The standard InChI is InChI=1S/C18H22N4O/c1-14(23)20-12-16-6-2-7-17(21-16)18-8-4-10-22(18)13-15-5-3-9-19-11-15/h2-3,5-7,9,11,18H,4,8,10,12-13H2,1H3,(H,20,23). The molecular formula is C18H22N4O. The predicted octanol–water partition coefficient (Wildman–Crippen LogP) is 2.45. The second-order valence-corrected chi connectivity index (χ2v) is 5.95. The lowest BCUT2D eigenvalue weighted by Gasteiger charge is -2.24. The first-order valence-electron chi connectivity index (χ1n) is 8.05. The monoisotopic (exact) mass is 310 g/mol. The molecule has 0 spiro atoms. The summed E-state index contributed by atoms with van der Waals surface area (Å²) in [5.74, 6) is -0.0312. The number of pyridine rings is 2. The highest BCUT2D eigenvalue weighted by Crippen LogP contribution is 2.32. The minimum absolute atomic E-state index is 0.0312. The van der Waals surface area contributed by atoms with Gasteiger partial charge >= 0.3 is 0 Å². The lowest BCUT2D eigenvalue weighted by molar-refractivity contribution is -0.119. The molecule has 0 saturated carbocycles. The molecule has 0 aromatic carbocycles. The van der Waals surface area contributed by atoms with E-state index in [1.807, 2.05) is 24.4 Å². The van der Waals surface area contributed by atoms with Crippen LogP contribution in [0.3, 0.4) is 0 Å². The lowest BCUT2D eigenvalue weighted by atomic mass is 10.1. The van der Waals surface area contributed by atoms with Crippen molar-refractivity contribution in [3.05, 3.63) is 59.7 Å². The van der Waals surface area contributed by atoms with E-state index >= 15 is 0 Å². The third-order valence-electron chi connectivity index (χ3n) is 4.16. The van der Waals surface area contributed by atoms with Crippen molar-refractivity contribution in [3.8, 4) is 0 Å². The second-order valence-electron chi connectivity index (χ2n) is 5.95. The van der Waals surface area contributed by atoms with Gasteiger partial charge in [-0.05, 0) is 43.1 Å². The summed E-state index contributed by atoms with van der Waals surface area (Å²) in [4.78, 5) is 22.5. The molecule has 1 fully saturated rings. The van der Waals surface area contributed by atoms with Gasteiger partial charge in [-0.1, -0.05) is 12.1 Å². The number of carbonyl (C=O) groups is 1. The number of hydrogen-bond donors (Lipinski definition) is 1. The van der Waals surface area contributed by atoms with Gasteiger partial charge in [0, 0.05) is 25.9 Å². The summed E-state index contributed by atoms with van der Waals surface area (Å²) in [6.45, 7) is 3.99. The number of carbonyl (C=O) groups excluding carboxylic acids is 1. The van der Waals surface area contributed by atoms with Gasteiger partial charge in [0.1, 0.15) is 0 Å². The second kappa shape index (κ2) is 7.33. The molecule has 2 aromatic heterocycles. The molecule has 0 aliphatic carbocycles. The molecule has 1 N–H and O–H groups in total. The summed E-state index contributed by atoms with van der Waals surface area (Å²) in [5.41, 5.74) is 3.23. The molecule has 3 heterocycles. The predicted molar refractivity (Wildman–Crippen MR) is 88.4 cm³/mol. The molecule has 120 valence electrons. The van der Waals surface area contributed by atoms with Crippen molar-refractivity contribution in [1.29, 1.82) is 0 Å². The summed E-state index contributed by atoms with van der Waals surface area (Å²) >= 11 is 0. The zero-order chi connectivity index (χ0) is 16.1. The molecule has 23 heavy (non-hydrogen) atoms. The van der Waals surface area contributed by atoms with Gasteiger partial charge in [-0.3, -0.25) is 19.7 Å². The van der Waals surface area contributed by atoms with Crippen molar-refractivity contribution in [2.75, 3.05) is 6.54 Å². The number of likely N-dealkylation sites (tertiary alicyclic amines) is 1. The molecule has 0 bridgehead atoms. The van der Waals surface area contributed by atoms with Crippen molar-refractivity contribution < 1.29 is 4.79 Å². The molecule has 1 amide bonds. The Kier molecular flexibility index (Phi) is 4.98. The summed E-state index contributed by atoms with van der Waals surface area (Å²) in [6, 6.07) is 10.5. The molecule has 0 radical (unpaired) electrons. The highest BCUT2D eigenvalue weighted by Gasteiger charge is 2.27. The van der Waals surface area contributed by atoms with Gasteiger partial charge in [-0.15, -0.1) is 0 Å². The molecule has 2 aromatic rings. The maximum absolute atomic E-state index is 11.1. The molecular weight excluding hydrogens is 288 g/mol. The van der Waals surface area contributed by atoms with Crippen LogP contribution < -0.4 is 5.32 Å². The van der Waals surface area contributed by atoms with Gasteiger partial charge in [0.2, 0.25) is 5.91 Å². The van der Waals surface area contributed by atoms with Crippen LogP contribution in [0.2, 0.25) is 0 Å². The van der Waals surface area contributed by atoms with E-state index in [1.165, 1.54) is 18.9 Å². The largest absolute Gasteiger partial charge is 0.351 e. The molecule has 3 rings (SSSR count). The van der Waals surface area contributed by atoms with Crippen LogP contribution in [-0.4, -0.2) is 27.3 Å². The van der Waals surface area contributed by atoms with E-state index in [9.17, 15) is 4.79 Å². The van der Waals surface area contributed by atoms with Crippen LogP contribution in [0.4, 0.5) is 0 Å². The van der Waals surface area contributed by atoms with Crippen molar-refractivity contribution in [1.82, 2.24) is 20.2 Å². The quantitative estimate of drug-likeness (QED) is 0.921. The Morgan fingerprint density at radius 2 is 2.26 bits per heavy atom. The van der Waals surface area contributed by atoms with Crippen LogP contribution in [0.15, 0.2) is 42.7 Å². The normalized spacial score (nSPS) is 18.0. The van der Waals surface area contributed by atoms with Crippen LogP contribution in [0, 0.1) is 0 Å². The van der Waals surface area contributed by atoms with E-state index < -0.39 is 0 Å². The van der Waals surface area contributed by atoms with E-state index in [4.69, 9.17) is 4.98 Å². The van der Waals surface area contributed by atoms with Crippen LogP contribution in [-0.2, 0) is 17.9 Å². The third kappa shape index (κ3) is 4.13. The van der Waals surface area contributed by atoms with Crippen molar-refractivity contribution >= 4 is 5.91 Å². The fraction of sp³-hybridized carbons (Fsp3) is 0.389. The topological polar surface area (TPSA) is 58.1 Å². The van der Waals surface area contributed by atoms with Gasteiger partial charge in [0.15, 0.2) is 0 Å². The fourth-order valence-electron chi connectivity index (χ4n) is 3.07. The lowest BCUT2D eigenvalue weighted by Crippen LogP contribution is -2.24. The highest BCUT2D eigenvalue weighted by molar-refractivity contribution is 5.72. The molecule has 1 aliphatic heterocycles. The van der Waals surface area contributed by atoms with Crippen LogP contribution in [0.1, 0.15) is 42.8 Å². The molecule has 1 aliphatic rings. The molecule has 5 nitrogen and oxygen atoms in total. The summed E-state index contributed by atoms with van der Waals surface area (Å²) < 4.78 is 0. The van der Waals surface area contributed by atoms with Crippen LogP contribution in [0.25, 0.3) is 0 Å². The van der Waals surface area contributed by atoms with Crippen molar-refractivity contribution in [2.45, 2.75) is 38.9 Å². The molecule has 1 atom stereocenters. The Hall–Kier alpha value is -2.27. The minimum Gasteiger partial charge on any atom is -0.351 e. The minimum atomic E-state index is -0.0312. The average Bonchev–Trinajstić information content (AvgIpc) is 3.02. The zero-order valence-corrected chi connectivity index (χ0v) is 13.4. The van der Waals surface area contributed by atoms with Gasteiger partial charge in [-0.25, -0.2) is 0 Å². The van der Waals surface area contributed by atoms with Crippen molar-refractivity contribution in [2.24, 2.45) is 0 Å². The van der Waals surface area contributed by atoms with Gasteiger partial charge in [-0.2, -0.15) is 0 Å². The zero-order valence-electron chi connectivity index (χ0n) is 13.4. The summed E-state index contributed by atoms with van der Waals surface area (Å²) in [7, 11) is 0. The first kappa shape index (κ1) is 15.6. The fourth-order valence-corrected chi connectivity index (χ4v) is 3.07. The number of nitrogens with one attached hydrogen (secondary N) is 1. The summed E-state index contributed by atoms with van der Waals surface area (Å²) in [6.07, 6.45) is 6.04. The van der Waals surface area contributed by atoms with E-state index in [2.05, 4.69) is 27.3 Å². The molecule has 5 heteroatoms. The Morgan fingerprint density at radius 3 is 3.04 bits per heavy atom. The van der Waals surface area contributed by atoms with E-state index in [0.29, 0.717) is 12.6 Å². The first-order chi connectivity index (χ1) is 11.2. The maximum Gasteiger partial charge on any atom is 0.217 e. The van der Waals surface area contributed by atoms with E-state index in [0.717, 1.165) is 30.9 Å².